The minimum absolute atomic E-state index is 0.0487. The fraction of sp³-hybridized carbons (Fsp3) is 0.571. The maximum atomic E-state index is 13.8. The first-order valence-corrected chi connectivity index (χ1v) is 7.06. The first kappa shape index (κ1) is 16.5. The van der Waals surface area contributed by atoms with Crippen molar-refractivity contribution in [2.75, 3.05) is 20.1 Å². The summed E-state index contributed by atoms with van der Waals surface area (Å²) in [7, 11) is 1.85. The lowest BCUT2D eigenvalue weighted by molar-refractivity contribution is 0.294. The second-order valence-electron chi connectivity index (χ2n) is 5.74. The highest BCUT2D eigenvalue weighted by molar-refractivity contribution is 9.10. The van der Waals surface area contributed by atoms with Crippen LogP contribution < -0.4 is 5.32 Å². The van der Waals surface area contributed by atoms with Crippen LogP contribution in [0.5, 0.6) is 0 Å². The lowest BCUT2D eigenvalue weighted by atomic mass is 10.1. The molecule has 0 saturated carbocycles. The van der Waals surface area contributed by atoms with Gasteiger partial charge in [-0.2, -0.15) is 0 Å². The molecule has 1 N–H and O–H groups in total. The lowest BCUT2D eigenvalue weighted by Gasteiger charge is -2.23. The van der Waals surface area contributed by atoms with E-state index in [0.717, 1.165) is 13.1 Å². The Kier molecular flexibility index (Phi) is 5.89. The number of rotatable bonds is 5. The smallest absolute Gasteiger partial charge is 0.144 e. The molecule has 19 heavy (non-hydrogen) atoms. The molecule has 108 valence electrons. The molecule has 1 rings (SSSR count). The van der Waals surface area contributed by atoms with Crippen molar-refractivity contribution >= 4 is 15.9 Å². The molecule has 0 bridgehead atoms. The van der Waals surface area contributed by atoms with Crippen molar-refractivity contribution in [2.24, 2.45) is 0 Å². The molecule has 0 aliphatic rings. The van der Waals surface area contributed by atoms with E-state index in [1.807, 2.05) is 11.9 Å². The van der Waals surface area contributed by atoms with Crippen LogP contribution in [0.25, 0.3) is 0 Å². The molecule has 0 saturated heterocycles. The Hall–Kier alpha value is -0.520. The van der Waals surface area contributed by atoms with Gasteiger partial charge in [-0.15, -0.1) is 0 Å². The van der Waals surface area contributed by atoms with Gasteiger partial charge in [0, 0.05) is 30.7 Å². The molecule has 0 spiro atoms. The summed E-state index contributed by atoms with van der Waals surface area (Å²) in [6, 6.07) is 2.67. The predicted molar refractivity (Wildman–Crippen MR) is 78.1 cm³/mol. The zero-order valence-electron chi connectivity index (χ0n) is 11.9. The lowest BCUT2D eigenvalue weighted by Crippen LogP contribution is -2.40. The summed E-state index contributed by atoms with van der Waals surface area (Å²) < 4.78 is 27.7. The van der Waals surface area contributed by atoms with Crippen LogP contribution in [0.4, 0.5) is 8.78 Å². The number of halogens is 3. The Bertz CT molecular complexity index is 430. The van der Waals surface area contributed by atoms with Crippen LogP contribution in [0.1, 0.15) is 26.3 Å². The first-order valence-electron chi connectivity index (χ1n) is 6.26. The largest absolute Gasteiger partial charge is 0.311 e. The van der Waals surface area contributed by atoms with Gasteiger partial charge in [-0.25, -0.2) is 8.78 Å². The number of benzene rings is 1. The van der Waals surface area contributed by atoms with Crippen molar-refractivity contribution in [1.82, 2.24) is 10.2 Å². The maximum absolute atomic E-state index is 13.8. The second-order valence-corrected chi connectivity index (χ2v) is 6.59. The minimum atomic E-state index is -0.518. The third-order valence-corrected chi connectivity index (χ3v) is 3.33. The van der Waals surface area contributed by atoms with E-state index >= 15 is 0 Å². The van der Waals surface area contributed by atoms with Crippen molar-refractivity contribution in [3.8, 4) is 0 Å². The summed E-state index contributed by atoms with van der Waals surface area (Å²) in [5.41, 5.74) is 0.153. The highest BCUT2D eigenvalue weighted by Crippen LogP contribution is 2.22. The quantitative estimate of drug-likeness (QED) is 0.828. The molecule has 1 aromatic carbocycles. The first-order chi connectivity index (χ1) is 8.70. The zero-order chi connectivity index (χ0) is 14.6. The second kappa shape index (κ2) is 6.77. The van der Waals surface area contributed by atoms with E-state index in [-0.39, 0.29) is 17.6 Å². The molecule has 0 aromatic heterocycles. The summed E-state index contributed by atoms with van der Waals surface area (Å²) >= 11 is 3.08. The Morgan fingerprint density at radius 1 is 1.26 bits per heavy atom. The van der Waals surface area contributed by atoms with Crippen molar-refractivity contribution in [2.45, 2.75) is 32.9 Å². The standard InChI is InChI=1S/C14H21BrF2N2/c1-14(2,3)18-7-8-19(4)9-10-12(16)6-5-11(15)13(10)17/h5-6,18H,7-9H2,1-4H3. The number of hydrogen-bond acceptors (Lipinski definition) is 2. The van der Waals surface area contributed by atoms with Gasteiger partial charge in [0.05, 0.1) is 4.47 Å². The monoisotopic (exact) mass is 334 g/mol. The molecule has 0 aliphatic heterocycles. The van der Waals surface area contributed by atoms with Gasteiger partial charge >= 0.3 is 0 Å². The summed E-state index contributed by atoms with van der Waals surface area (Å²) in [6.07, 6.45) is 0. The van der Waals surface area contributed by atoms with Crippen LogP contribution in [-0.2, 0) is 6.54 Å². The fourth-order valence-corrected chi connectivity index (χ4v) is 2.06. The maximum Gasteiger partial charge on any atom is 0.144 e. The van der Waals surface area contributed by atoms with Gasteiger partial charge in [0.1, 0.15) is 11.6 Å². The van der Waals surface area contributed by atoms with Gasteiger partial charge < -0.3 is 10.2 Å². The molecule has 5 heteroatoms. The molecule has 0 unspecified atom stereocenters. The molecule has 0 fully saturated rings. The summed E-state index contributed by atoms with van der Waals surface area (Å²) in [5, 5.41) is 3.34. The van der Waals surface area contributed by atoms with Crippen molar-refractivity contribution in [3.63, 3.8) is 0 Å². The molecule has 0 heterocycles. The Labute approximate surface area is 122 Å². The number of hydrogen-bond donors (Lipinski definition) is 1. The van der Waals surface area contributed by atoms with Gasteiger partial charge in [0.2, 0.25) is 0 Å². The Morgan fingerprint density at radius 2 is 1.89 bits per heavy atom. The van der Waals surface area contributed by atoms with Crippen LogP contribution >= 0.6 is 15.9 Å². The number of nitrogens with zero attached hydrogens (tertiary/aromatic N) is 1. The zero-order valence-corrected chi connectivity index (χ0v) is 13.4. The fourth-order valence-electron chi connectivity index (χ4n) is 1.68. The molecule has 0 amide bonds. The predicted octanol–water partition coefficient (Wildman–Crippen LogP) is 3.55. The summed E-state index contributed by atoms with van der Waals surface area (Å²) in [6.45, 7) is 8.00. The van der Waals surface area contributed by atoms with E-state index in [1.165, 1.54) is 12.1 Å². The SMILES string of the molecule is CN(CCNC(C)(C)C)Cc1c(F)ccc(Br)c1F. The Morgan fingerprint density at radius 3 is 2.47 bits per heavy atom. The van der Waals surface area contributed by atoms with Crippen molar-refractivity contribution in [1.29, 1.82) is 0 Å². The van der Waals surface area contributed by atoms with E-state index in [9.17, 15) is 8.78 Å². The average molecular weight is 335 g/mol. The van der Waals surface area contributed by atoms with Crippen LogP contribution in [0.3, 0.4) is 0 Å². The van der Waals surface area contributed by atoms with Crippen LogP contribution in [0.15, 0.2) is 16.6 Å². The number of likely N-dealkylation sites (N-methyl/N-ethyl adjacent to an activating group) is 1. The van der Waals surface area contributed by atoms with Crippen molar-refractivity contribution in [3.05, 3.63) is 33.8 Å². The molecule has 0 aliphatic carbocycles. The molecular formula is C14H21BrF2N2. The molecule has 1 aromatic rings. The Balaban J connectivity index is 2.58. The van der Waals surface area contributed by atoms with Crippen LogP contribution in [0, 0.1) is 11.6 Å². The molecule has 0 atom stereocenters. The summed E-state index contributed by atoms with van der Waals surface area (Å²) in [5.74, 6) is -1.02. The highest BCUT2D eigenvalue weighted by Gasteiger charge is 2.14. The van der Waals surface area contributed by atoms with Gasteiger partial charge in [0.25, 0.3) is 0 Å². The molecular weight excluding hydrogens is 314 g/mol. The minimum Gasteiger partial charge on any atom is -0.311 e. The van der Waals surface area contributed by atoms with Gasteiger partial charge in [-0.05, 0) is 55.9 Å². The van der Waals surface area contributed by atoms with E-state index in [0.29, 0.717) is 4.47 Å². The van der Waals surface area contributed by atoms with Gasteiger partial charge in [0.15, 0.2) is 0 Å². The van der Waals surface area contributed by atoms with Crippen molar-refractivity contribution < 1.29 is 8.78 Å². The average Bonchev–Trinajstić information content (AvgIpc) is 2.28. The van der Waals surface area contributed by atoms with Crippen LogP contribution in [0.2, 0.25) is 0 Å². The third-order valence-electron chi connectivity index (χ3n) is 2.72. The number of nitrogens with one attached hydrogen (secondary N) is 1. The van der Waals surface area contributed by atoms with E-state index in [1.54, 1.807) is 0 Å². The normalized spacial score (nSPS) is 12.2. The third kappa shape index (κ3) is 5.55. The van der Waals surface area contributed by atoms with Gasteiger partial charge in [-0.1, -0.05) is 0 Å². The molecule has 2 nitrogen and oxygen atoms in total. The summed E-state index contributed by atoms with van der Waals surface area (Å²) in [4.78, 5) is 1.90. The van der Waals surface area contributed by atoms with E-state index < -0.39 is 11.6 Å². The molecule has 0 radical (unpaired) electrons. The van der Waals surface area contributed by atoms with E-state index in [2.05, 4.69) is 42.0 Å². The van der Waals surface area contributed by atoms with E-state index in [4.69, 9.17) is 0 Å². The topological polar surface area (TPSA) is 15.3 Å². The van der Waals surface area contributed by atoms with Gasteiger partial charge in [-0.3, -0.25) is 0 Å². The van der Waals surface area contributed by atoms with Crippen LogP contribution in [-0.4, -0.2) is 30.6 Å². The highest BCUT2D eigenvalue weighted by atomic mass is 79.9.